The first-order valence-corrected chi connectivity index (χ1v) is 11.6. The molecule has 162 valence electrons. The highest BCUT2D eigenvalue weighted by Crippen LogP contribution is 2.32. The highest BCUT2D eigenvalue weighted by atomic mass is 32.1. The summed E-state index contributed by atoms with van der Waals surface area (Å²) in [6.07, 6.45) is 2.80. The number of nitrogens with one attached hydrogen (secondary N) is 1. The number of hydrogen-bond acceptors (Lipinski definition) is 5. The Hall–Kier alpha value is -2.80. The van der Waals surface area contributed by atoms with Gasteiger partial charge in [-0.25, -0.2) is 9.97 Å². The maximum atomic E-state index is 13.2. The number of aromatic nitrogens is 2. The Kier molecular flexibility index (Phi) is 6.32. The topological polar surface area (TPSA) is 75.2 Å². The molecule has 0 unspecified atom stereocenters. The molecule has 3 aromatic rings. The number of hydrogen-bond donors (Lipinski definition) is 1. The fraction of sp³-hybridized carbons (Fsp3) is 0.417. The van der Waals surface area contributed by atoms with Gasteiger partial charge in [-0.15, -0.1) is 11.3 Å². The van der Waals surface area contributed by atoms with Crippen molar-refractivity contribution in [1.29, 1.82) is 0 Å². The van der Waals surface area contributed by atoms with Gasteiger partial charge in [-0.2, -0.15) is 0 Å². The molecule has 1 saturated heterocycles. The summed E-state index contributed by atoms with van der Waals surface area (Å²) in [7, 11) is 0. The predicted molar refractivity (Wildman–Crippen MR) is 123 cm³/mol. The van der Waals surface area contributed by atoms with Gasteiger partial charge in [0.15, 0.2) is 0 Å². The third-order valence-electron chi connectivity index (χ3n) is 5.91. The van der Waals surface area contributed by atoms with E-state index in [0.29, 0.717) is 19.5 Å². The van der Waals surface area contributed by atoms with Gasteiger partial charge in [0.1, 0.15) is 10.7 Å². The third kappa shape index (κ3) is 4.77. The van der Waals surface area contributed by atoms with E-state index >= 15 is 0 Å². The van der Waals surface area contributed by atoms with E-state index < -0.39 is 0 Å². The van der Waals surface area contributed by atoms with Crippen molar-refractivity contribution in [3.8, 4) is 0 Å². The summed E-state index contributed by atoms with van der Waals surface area (Å²) >= 11 is 1.46. The van der Waals surface area contributed by atoms with E-state index in [4.69, 9.17) is 0 Å². The number of likely N-dealkylation sites (tertiary alicyclic amines) is 1. The van der Waals surface area contributed by atoms with Crippen LogP contribution < -0.4 is 5.32 Å². The lowest BCUT2D eigenvalue weighted by atomic mass is 10.0. The maximum Gasteiger partial charge on any atom is 0.264 e. The summed E-state index contributed by atoms with van der Waals surface area (Å²) in [6, 6.07) is 10.2. The van der Waals surface area contributed by atoms with Crippen LogP contribution in [0.25, 0.3) is 10.2 Å². The van der Waals surface area contributed by atoms with E-state index in [1.165, 1.54) is 16.9 Å². The van der Waals surface area contributed by atoms with Crippen LogP contribution in [0.5, 0.6) is 0 Å². The molecular formula is C24H28N4O2S. The average molecular weight is 437 g/mol. The number of carbonyl (C=O) groups excluding carboxylic acids is 2. The number of amides is 2. The summed E-state index contributed by atoms with van der Waals surface area (Å²) in [5, 5.41) is 4.14. The number of carbonyl (C=O) groups is 2. The highest BCUT2D eigenvalue weighted by molar-refractivity contribution is 7.20. The summed E-state index contributed by atoms with van der Waals surface area (Å²) in [4.78, 5) is 38.0. The number of rotatable bonds is 5. The molecule has 7 heteroatoms. The normalized spacial score (nSPS) is 14.7. The zero-order chi connectivity index (χ0) is 22.0. The van der Waals surface area contributed by atoms with E-state index in [-0.39, 0.29) is 17.9 Å². The van der Waals surface area contributed by atoms with Gasteiger partial charge in [-0.1, -0.05) is 30.3 Å². The second kappa shape index (κ2) is 9.14. The van der Waals surface area contributed by atoms with Crippen LogP contribution in [0.15, 0.2) is 30.3 Å². The Morgan fingerprint density at radius 3 is 2.52 bits per heavy atom. The van der Waals surface area contributed by atoms with Gasteiger partial charge in [0.25, 0.3) is 5.91 Å². The van der Waals surface area contributed by atoms with Gasteiger partial charge in [-0.05, 0) is 51.2 Å². The third-order valence-corrected chi connectivity index (χ3v) is 7.08. The van der Waals surface area contributed by atoms with Crippen molar-refractivity contribution < 1.29 is 9.59 Å². The lowest BCUT2D eigenvalue weighted by Gasteiger charge is -2.32. The molecule has 2 amide bonds. The zero-order valence-corrected chi connectivity index (χ0v) is 19.1. The zero-order valence-electron chi connectivity index (χ0n) is 18.3. The van der Waals surface area contributed by atoms with Gasteiger partial charge >= 0.3 is 0 Å². The molecule has 2 aromatic heterocycles. The Labute approximate surface area is 186 Å². The van der Waals surface area contributed by atoms with Gasteiger partial charge in [0.05, 0.1) is 4.88 Å². The van der Waals surface area contributed by atoms with Gasteiger partial charge in [-0.3, -0.25) is 9.59 Å². The highest BCUT2D eigenvalue weighted by Gasteiger charge is 2.27. The molecule has 31 heavy (non-hydrogen) atoms. The largest absolute Gasteiger partial charge is 0.353 e. The molecule has 0 radical (unpaired) electrons. The molecule has 6 nitrogen and oxygen atoms in total. The Balaban J connectivity index is 1.33. The molecule has 4 rings (SSSR count). The summed E-state index contributed by atoms with van der Waals surface area (Å²) in [6.45, 7) is 7.13. The first kappa shape index (κ1) is 21.4. The van der Waals surface area contributed by atoms with Crippen molar-refractivity contribution >= 4 is 33.4 Å². The van der Waals surface area contributed by atoms with Crippen LogP contribution >= 0.6 is 11.3 Å². The van der Waals surface area contributed by atoms with Crippen molar-refractivity contribution in [1.82, 2.24) is 20.2 Å². The number of aryl methyl sites for hydroxylation is 4. The lowest BCUT2D eigenvalue weighted by molar-refractivity contribution is -0.122. The van der Waals surface area contributed by atoms with Crippen LogP contribution in [0.4, 0.5) is 0 Å². The second-order valence-corrected chi connectivity index (χ2v) is 9.21. The molecule has 1 aliphatic heterocycles. The van der Waals surface area contributed by atoms with E-state index in [9.17, 15) is 9.59 Å². The van der Waals surface area contributed by atoms with E-state index in [1.807, 2.05) is 56.0 Å². The summed E-state index contributed by atoms with van der Waals surface area (Å²) in [5.74, 6) is 0.874. The molecule has 1 fully saturated rings. The van der Waals surface area contributed by atoms with E-state index in [0.717, 1.165) is 51.4 Å². The molecule has 1 aromatic carbocycles. The van der Waals surface area contributed by atoms with Crippen molar-refractivity contribution in [2.45, 2.75) is 52.5 Å². The first-order valence-electron chi connectivity index (χ1n) is 10.8. The first-order chi connectivity index (χ1) is 14.9. The van der Waals surface area contributed by atoms with Crippen LogP contribution in [-0.4, -0.2) is 45.8 Å². The number of piperidine rings is 1. The average Bonchev–Trinajstić information content (AvgIpc) is 3.09. The SMILES string of the molecule is Cc1nc(C)c2c(C)c(C(=O)N3CCC(NC(=O)CCc4ccccc4)CC3)sc2n1. The predicted octanol–water partition coefficient (Wildman–Crippen LogP) is 3.97. The van der Waals surface area contributed by atoms with Gasteiger partial charge in [0.2, 0.25) is 5.91 Å². The fourth-order valence-corrected chi connectivity index (χ4v) is 5.50. The van der Waals surface area contributed by atoms with Gasteiger partial charge < -0.3 is 10.2 Å². The Morgan fingerprint density at radius 2 is 1.81 bits per heavy atom. The van der Waals surface area contributed by atoms with Crippen molar-refractivity contribution in [2.75, 3.05) is 13.1 Å². The molecular weight excluding hydrogens is 408 g/mol. The minimum atomic E-state index is 0.0615. The minimum Gasteiger partial charge on any atom is -0.353 e. The monoisotopic (exact) mass is 436 g/mol. The van der Waals surface area contributed by atoms with Crippen molar-refractivity contribution in [3.05, 3.63) is 57.9 Å². The molecule has 1 aliphatic rings. The molecule has 1 N–H and O–H groups in total. The standard InChI is InChI=1S/C24H28N4O2S/c1-15-21-16(2)25-17(3)26-23(21)31-22(15)24(30)28-13-11-19(12-14-28)27-20(29)10-9-18-7-5-4-6-8-18/h4-8,19H,9-14H2,1-3H3,(H,27,29). The van der Waals surface area contributed by atoms with Crippen molar-refractivity contribution in [3.63, 3.8) is 0 Å². The van der Waals surface area contributed by atoms with Crippen LogP contribution in [0.3, 0.4) is 0 Å². The van der Waals surface area contributed by atoms with Crippen molar-refractivity contribution in [2.24, 2.45) is 0 Å². The van der Waals surface area contributed by atoms with Crippen LogP contribution in [0.1, 0.15) is 51.6 Å². The molecule has 0 spiro atoms. The smallest absolute Gasteiger partial charge is 0.264 e. The van der Waals surface area contributed by atoms with E-state index in [2.05, 4.69) is 15.3 Å². The quantitative estimate of drug-likeness (QED) is 0.657. The van der Waals surface area contributed by atoms with Crippen LogP contribution in [0.2, 0.25) is 0 Å². The van der Waals surface area contributed by atoms with Gasteiger partial charge in [0, 0.05) is 36.6 Å². The molecule has 3 heterocycles. The Bertz CT molecular complexity index is 1100. The minimum absolute atomic E-state index is 0.0615. The van der Waals surface area contributed by atoms with Crippen LogP contribution in [-0.2, 0) is 11.2 Å². The number of nitrogens with zero attached hydrogens (tertiary/aromatic N) is 3. The molecule has 0 atom stereocenters. The lowest BCUT2D eigenvalue weighted by Crippen LogP contribution is -2.46. The Morgan fingerprint density at radius 1 is 1.10 bits per heavy atom. The van der Waals surface area contributed by atoms with Crippen LogP contribution in [0, 0.1) is 20.8 Å². The number of benzene rings is 1. The molecule has 0 saturated carbocycles. The second-order valence-electron chi connectivity index (χ2n) is 8.21. The summed E-state index contributed by atoms with van der Waals surface area (Å²) in [5.41, 5.74) is 3.07. The summed E-state index contributed by atoms with van der Waals surface area (Å²) < 4.78 is 0. The number of fused-ring (bicyclic) bond motifs is 1. The molecule has 0 aliphatic carbocycles. The fourth-order valence-electron chi connectivity index (χ4n) is 4.25. The van der Waals surface area contributed by atoms with E-state index in [1.54, 1.807) is 0 Å². The number of thiophene rings is 1. The molecule has 0 bridgehead atoms. The maximum absolute atomic E-state index is 13.2.